The maximum Gasteiger partial charge on any atom is 0.325 e. The number of hydrogen-bond acceptors (Lipinski definition) is 3. The first-order valence-electron chi connectivity index (χ1n) is 8.90. The number of benzene rings is 1. The van der Waals surface area contributed by atoms with Gasteiger partial charge in [0.15, 0.2) is 0 Å². The molecule has 0 amide bonds. The van der Waals surface area contributed by atoms with Crippen LogP contribution in [0.3, 0.4) is 0 Å². The Labute approximate surface area is 144 Å². The molecule has 0 saturated heterocycles. The zero-order valence-electron chi connectivity index (χ0n) is 15.3. The van der Waals surface area contributed by atoms with Gasteiger partial charge in [-0.25, -0.2) is 0 Å². The van der Waals surface area contributed by atoms with Gasteiger partial charge in [0, 0.05) is 29.7 Å². The highest BCUT2D eigenvalue weighted by atomic mass is 16.5. The van der Waals surface area contributed by atoms with Gasteiger partial charge in [-0.05, 0) is 50.4 Å². The standard InChI is InChI=1S/C20H28N2O2/c1-14(2)8-10-24-20(23)13-22-18-6-5-15(3)11-17(18)16-7-9-21(4)12-19(16)22/h5-6,11,14H,7-10,12-13H2,1-4H3. The van der Waals surface area contributed by atoms with E-state index in [1.165, 1.54) is 22.2 Å². The Balaban J connectivity index is 1.89. The molecule has 2 aromatic rings. The second kappa shape index (κ2) is 6.98. The van der Waals surface area contributed by atoms with Gasteiger partial charge in [0.05, 0.1) is 6.61 Å². The second-order valence-electron chi connectivity index (χ2n) is 7.42. The highest BCUT2D eigenvalue weighted by molar-refractivity contribution is 5.88. The van der Waals surface area contributed by atoms with Gasteiger partial charge in [-0.15, -0.1) is 0 Å². The van der Waals surface area contributed by atoms with Crippen molar-refractivity contribution in [2.75, 3.05) is 20.2 Å². The third-order valence-electron chi connectivity index (χ3n) is 4.85. The first-order chi connectivity index (χ1) is 11.5. The summed E-state index contributed by atoms with van der Waals surface area (Å²) in [7, 11) is 2.14. The van der Waals surface area contributed by atoms with E-state index < -0.39 is 0 Å². The number of aromatic nitrogens is 1. The van der Waals surface area contributed by atoms with Crippen molar-refractivity contribution in [3.05, 3.63) is 35.0 Å². The Bertz CT molecular complexity index is 746. The predicted molar refractivity (Wildman–Crippen MR) is 97.1 cm³/mol. The summed E-state index contributed by atoms with van der Waals surface area (Å²) < 4.78 is 7.61. The number of esters is 1. The molecule has 0 spiro atoms. The Hall–Kier alpha value is -1.81. The molecule has 0 atom stereocenters. The average Bonchev–Trinajstić information content (AvgIpc) is 2.80. The van der Waals surface area contributed by atoms with Crippen LogP contribution in [0.25, 0.3) is 10.9 Å². The topological polar surface area (TPSA) is 34.5 Å². The third-order valence-corrected chi connectivity index (χ3v) is 4.85. The molecule has 24 heavy (non-hydrogen) atoms. The zero-order chi connectivity index (χ0) is 17.3. The fourth-order valence-electron chi connectivity index (χ4n) is 3.45. The Morgan fingerprint density at radius 3 is 2.88 bits per heavy atom. The summed E-state index contributed by atoms with van der Waals surface area (Å²) in [5, 5.41) is 1.30. The minimum absolute atomic E-state index is 0.135. The molecule has 1 aromatic heterocycles. The lowest BCUT2D eigenvalue weighted by molar-refractivity contribution is -0.144. The van der Waals surface area contributed by atoms with E-state index in [2.05, 4.69) is 55.5 Å². The molecular weight excluding hydrogens is 300 g/mol. The number of fused-ring (bicyclic) bond motifs is 3. The molecular formula is C20H28N2O2. The average molecular weight is 328 g/mol. The van der Waals surface area contributed by atoms with Gasteiger partial charge >= 0.3 is 5.97 Å². The summed E-state index contributed by atoms with van der Waals surface area (Å²) in [5.74, 6) is 0.416. The van der Waals surface area contributed by atoms with E-state index >= 15 is 0 Å². The van der Waals surface area contributed by atoms with Crippen molar-refractivity contribution in [3.63, 3.8) is 0 Å². The predicted octanol–water partition coefficient (Wildman–Crippen LogP) is 3.53. The number of hydrogen-bond donors (Lipinski definition) is 0. The summed E-state index contributed by atoms with van der Waals surface area (Å²) in [5.41, 5.74) is 5.09. The molecule has 4 heteroatoms. The quantitative estimate of drug-likeness (QED) is 0.788. The summed E-state index contributed by atoms with van der Waals surface area (Å²) in [6.45, 7) is 9.18. The summed E-state index contributed by atoms with van der Waals surface area (Å²) in [6.07, 6.45) is 1.96. The Kier molecular flexibility index (Phi) is 4.95. The number of carbonyl (C=O) groups is 1. The molecule has 0 saturated carbocycles. The van der Waals surface area contributed by atoms with Gasteiger partial charge < -0.3 is 14.2 Å². The smallest absolute Gasteiger partial charge is 0.325 e. The molecule has 0 bridgehead atoms. The lowest BCUT2D eigenvalue weighted by Gasteiger charge is -2.24. The SMILES string of the molecule is Cc1ccc2c(c1)c1c(n2CC(=O)OCCC(C)C)CN(C)CC1. The van der Waals surface area contributed by atoms with Crippen LogP contribution in [0.2, 0.25) is 0 Å². The highest BCUT2D eigenvalue weighted by Gasteiger charge is 2.23. The van der Waals surface area contributed by atoms with E-state index in [-0.39, 0.29) is 5.97 Å². The van der Waals surface area contributed by atoms with Crippen LogP contribution < -0.4 is 0 Å². The number of carbonyl (C=O) groups excluding carboxylic acids is 1. The number of rotatable bonds is 5. The molecule has 4 nitrogen and oxygen atoms in total. The van der Waals surface area contributed by atoms with Crippen LogP contribution in [-0.4, -0.2) is 35.6 Å². The molecule has 0 aliphatic carbocycles. The molecule has 0 N–H and O–H groups in total. The monoisotopic (exact) mass is 328 g/mol. The molecule has 1 aliphatic heterocycles. The number of nitrogens with zero attached hydrogens (tertiary/aromatic N) is 2. The van der Waals surface area contributed by atoms with Gasteiger partial charge in [0.2, 0.25) is 0 Å². The summed E-state index contributed by atoms with van der Waals surface area (Å²) >= 11 is 0. The van der Waals surface area contributed by atoms with Gasteiger partial charge in [-0.3, -0.25) is 4.79 Å². The molecule has 2 heterocycles. The second-order valence-corrected chi connectivity index (χ2v) is 7.42. The van der Waals surface area contributed by atoms with E-state index in [1.807, 2.05) is 0 Å². The van der Waals surface area contributed by atoms with Crippen LogP contribution >= 0.6 is 0 Å². The van der Waals surface area contributed by atoms with Crippen molar-refractivity contribution < 1.29 is 9.53 Å². The Morgan fingerprint density at radius 2 is 2.12 bits per heavy atom. The van der Waals surface area contributed by atoms with Crippen LogP contribution in [0.15, 0.2) is 18.2 Å². The van der Waals surface area contributed by atoms with E-state index in [1.54, 1.807) is 0 Å². The zero-order valence-corrected chi connectivity index (χ0v) is 15.3. The van der Waals surface area contributed by atoms with Crippen LogP contribution in [0, 0.1) is 12.8 Å². The largest absolute Gasteiger partial charge is 0.464 e. The van der Waals surface area contributed by atoms with Crippen molar-refractivity contribution in [2.45, 2.75) is 46.7 Å². The van der Waals surface area contributed by atoms with E-state index in [9.17, 15) is 4.79 Å². The molecule has 130 valence electrons. The lowest BCUT2D eigenvalue weighted by Crippen LogP contribution is -2.28. The van der Waals surface area contributed by atoms with Crippen LogP contribution in [-0.2, 0) is 29.0 Å². The van der Waals surface area contributed by atoms with Gasteiger partial charge in [-0.2, -0.15) is 0 Å². The van der Waals surface area contributed by atoms with Crippen molar-refractivity contribution in [1.29, 1.82) is 0 Å². The minimum atomic E-state index is -0.135. The van der Waals surface area contributed by atoms with E-state index in [4.69, 9.17) is 4.74 Å². The fourth-order valence-corrected chi connectivity index (χ4v) is 3.45. The first kappa shape index (κ1) is 17.0. The normalized spacial score (nSPS) is 15.0. The fraction of sp³-hybridized carbons (Fsp3) is 0.550. The molecule has 1 aromatic carbocycles. The lowest BCUT2D eigenvalue weighted by atomic mass is 10.0. The number of aryl methyl sites for hydroxylation is 1. The van der Waals surface area contributed by atoms with Crippen LogP contribution in [0.1, 0.15) is 37.1 Å². The van der Waals surface area contributed by atoms with Gasteiger partial charge in [-0.1, -0.05) is 25.5 Å². The van der Waals surface area contributed by atoms with Gasteiger partial charge in [0.1, 0.15) is 6.54 Å². The molecule has 0 fully saturated rings. The maximum absolute atomic E-state index is 12.3. The third kappa shape index (κ3) is 3.48. The van der Waals surface area contributed by atoms with Crippen molar-refractivity contribution in [1.82, 2.24) is 9.47 Å². The minimum Gasteiger partial charge on any atom is -0.464 e. The summed E-state index contributed by atoms with van der Waals surface area (Å²) in [4.78, 5) is 14.6. The summed E-state index contributed by atoms with van der Waals surface area (Å²) in [6, 6.07) is 6.52. The molecule has 0 unspecified atom stereocenters. The Morgan fingerprint density at radius 1 is 1.33 bits per heavy atom. The van der Waals surface area contributed by atoms with Crippen molar-refractivity contribution >= 4 is 16.9 Å². The maximum atomic E-state index is 12.3. The number of likely N-dealkylation sites (N-methyl/N-ethyl adjacent to an activating group) is 1. The van der Waals surface area contributed by atoms with Crippen LogP contribution in [0.4, 0.5) is 0 Å². The molecule has 1 aliphatic rings. The molecule has 3 rings (SSSR count). The first-order valence-corrected chi connectivity index (χ1v) is 8.90. The highest BCUT2D eigenvalue weighted by Crippen LogP contribution is 2.31. The van der Waals surface area contributed by atoms with Crippen molar-refractivity contribution in [3.8, 4) is 0 Å². The number of ether oxygens (including phenoxy) is 1. The van der Waals surface area contributed by atoms with E-state index in [0.717, 1.165) is 31.4 Å². The van der Waals surface area contributed by atoms with Crippen LogP contribution in [0.5, 0.6) is 0 Å². The van der Waals surface area contributed by atoms with Gasteiger partial charge in [0.25, 0.3) is 0 Å². The van der Waals surface area contributed by atoms with E-state index in [0.29, 0.717) is 19.1 Å². The molecule has 0 radical (unpaired) electrons. The van der Waals surface area contributed by atoms with Crippen molar-refractivity contribution in [2.24, 2.45) is 5.92 Å².